The summed E-state index contributed by atoms with van der Waals surface area (Å²) in [5, 5.41) is 7.85. The van der Waals surface area contributed by atoms with Crippen LogP contribution in [0.4, 0.5) is 10.3 Å². The zero-order chi connectivity index (χ0) is 22.7. The molecule has 0 saturated carbocycles. The molecule has 4 aromatic rings. The normalized spacial score (nSPS) is 10.9. The molecule has 1 amide bonds. The summed E-state index contributed by atoms with van der Waals surface area (Å²) in [6.07, 6.45) is 1.42. The predicted octanol–water partition coefficient (Wildman–Crippen LogP) is 5.85. The van der Waals surface area contributed by atoms with E-state index in [4.69, 9.17) is 44.0 Å². The Hall–Kier alpha value is -3.07. The third kappa shape index (κ3) is 5.40. The summed E-state index contributed by atoms with van der Waals surface area (Å²) in [4.78, 5) is 16.5. The highest BCUT2D eigenvalue weighted by Gasteiger charge is 2.15. The van der Waals surface area contributed by atoms with E-state index < -0.39 is 11.7 Å². The van der Waals surface area contributed by atoms with E-state index in [1.807, 2.05) is 0 Å². The van der Waals surface area contributed by atoms with Gasteiger partial charge in [-0.1, -0.05) is 40.9 Å². The standard InChI is InChI=1S/C21H14Cl3FN4O3/c22-13-2-5-18(17(24)7-13)31-10-15-4-6-19(32-15)20(30)27-21-26-11-29(28-21)9-12-1-3-14(25)8-16(12)23/h1-8,11H,9-10H2,(H,27,28,30). The van der Waals surface area contributed by atoms with Crippen molar-refractivity contribution in [2.24, 2.45) is 0 Å². The molecule has 2 aromatic carbocycles. The average Bonchev–Trinajstić information content (AvgIpc) is 3.39. The summed E-state index contributed by atoms with van der Waals surface area (Å²) in [6.45, 7) is 0.331. The number of halogens is 4. The van der Waals surface area contributed by atoms with Crippen LogP contribution in [0.25, 0.3) is 0 Å². The fraction of sp³-hybridized carbons (Fsp3) is 0.0952. The van der Waals surface area contributed by atoms with E-state index in [1.165, 1.54) is 29.2 Å². The number of benzene rings is 2. The number of nitrogens with zero attached hydrogens (tertiary/aromatic N) is 3. The molecule has 0 bridgehead atoms. The molecule has 1 N–H and O–H groups in total. The van der Waals surface area contributed by atoms with Crippen LogP contribution in [0.15, 0.2) is 59.3 Å². The molecule has 2 heterocycles. The molecule has 11 heteroatoms. The molecule has 0 aliphatic carbocycles. The van der Waals surface area contributed by atoms with Crippen molar-refractivity contribution in [3.8, 4) is 5.75 Å². The Morgan fingerprint density at radius 1 is 1.09 bits per heavy atom. The van der Waals surface area contributed by atoms with E-state index in [-0.39, 0.29) is 29.9 Å². The second kappa shape index (κ2) is 9.60. The van der Waals surface area contributed by atoms with Crippen molar-refractivity contribution in [3.63, 3.8) is 0 Å². The molecule has 0 spiro atoms. The smallest absolute Gasteiger partial charge is 0.293 e. The van der Waals surface area contributed by atoms with Gasteiger partial charge in [-0.3, -0.25) is 10.1 Å². The monoisotopic (exact) mass is 494 g/mol. The van der Waals surface area contributed by atoms with Crippen LogP contribution >= 0.6 is 34.8 Å². The molecule has 0 fully saturated rings. The number of aromatic nitrogens is 3. The van der Waals surface area contributed by atoms with E-state index in [0.29, 0.717) is 27.1 Å². The minimum atomic E-state index is -0.529. The molecule has 0 atom stereocenters. The minimum absolute atomic E-state index is 0.0590. The first-order valence-corrected chi connectivity index (χ1v) is 10.3. The second-order valence-electron chi connectivity index (χ2n) is 6.58. The molecule has 7 nitrogen and oxygen atoms in total. The van der Waals surface area contributed by atoms with Crippen molar-refractivity contribution in [1.29, 1.82) is 0 Å². The first-order chi connectivity index (χ1) is 15.4. The number of carbonyl (C=O) groups excluding carboxylic acids is 1. The molecule has 4 rings (SSSR count). The highest BCUT2D eigenvalue weighted by molar-refractivity contribution is 6.35. The Morgan fingerprint density at radius 2 is 1.94 bits per heavy atom. The maximum Gasteiger partial charge on any atom is 0.293 e. The maximum atomic E-state index is 13.2. The van der Waals surface area contributed by atoms with E-state index in [0.717, 1.165) is 0 Å². The zero-order valence-electron chi connectivity index (χ0n) is 16.2. The van der Waals surface area contributed by atoms with Crippen LogP contribution in [0, 0.1) is 5.82 Å². The van der Waals surface area contributed by atoms with Gasteiger partial charge in [0.2, 0.25) is 5.95 Å². The Labute approximate surface area is 196 Å². The first-order valence-electron chi connectivity index (χ1n) is 9.18. The van der Waals surface area contributed by atoms with Crippen LogP contribution in [0.3, 0.4) is 0 Å². The van der Waals surface area contributed by atoms with Gasteiger partial charge in [-0.05, 0) is 48.0 Å². The van der Waals surface area contributed by atoms with E-state index in [2.05, 4.69) is 15.4 Å². The molecule has 164 valence electrons. The van der Waals surface area contributed by atoms with Gasteiger partial charge in [0.1, 0.15) is 30.3 Å². The number of nitrogens with one attached hydrogen (secondary N) is 1. The van der Waals surface area contributed by atoms with E-state index >= 15 is 0 Å². The summed E-state index contributed by atoms with van der Waals surface area (Å²) in [6, 6.07) is 12.1. The summed E-state index contributed by atoms with van der Waals surface area (Å²) < 4.78 is 25.7. The lowest BCUT2D eigenvalue weighted by atomic mass is 10.2. The topological polar surface area (TPSA) is 82.2 Å². The SMILES string of the molecule is O=C(Nc1ncn(Cc2ccc(F)cc2Cl)n1)c1ccc(COc2ccc(Cl)cc2Cl)o1. The Bertz CT molecular complexity index is 1270. The maximum absolute atomic E-state index is 13.2. The molecular formula is C21H14Cl3FN4O3. The first kappa shape index (κ1) is 22.1. The second-order valence-corrected chi connectivity index (χ2v) is 7.84. The Morgan fingerprint density at radius 3 is 2.72 bits per heavy atom. The number of hydrogen-bond acceptors (Lipinski definition) is 5. The molecule has 0 aliphatic heterocycles. The fourth-order valence-corrected chi connectivity index (χ4v) is 3.42. The predicted molar refractivity (Wildman–Crippen MR) is 118 cm³/mol. The quantitative estimate of drug-likeness (QED) is 0.348. The Balaban J connectivity index is 1.35. The van der Waals surface area contributed by atoms with Gasteiger partial charge in [-0.25, -0.2) is 14.1 Å². The molecule has 0 aliphatic rings. The van der Waals surface area contributed by atoms with Crippen LogP contribution in [0.1, 0.15) is 21.9 Å². The molecular weight excluding hydrogens is 482 g/mol. The summed E-state index contributed by atoms with van der Waals surface area (Å²) in [5.74, 6) is 0.0438. The fourth-order valence-electron chi connectivity index (χ4n) is 2.73. The van der Waals surface area contributed by atoms with Crippen LogP contribution in [0.2, 0.25) is 15.1 Å². The van der Waals surface area contributed by atoms with Gasteiger partial charge in [0.15, 0.2) is 5.76 Å². The van der Waals surface area contributed by atoms with Crippen molar-refractivity contribution in [1.82, 2.24) is 14.8 Å². The Kier molecular flexibility index (Phi) is 6.64. The summed E-state index contributed by atoms with van der Waals surface area (Å²) in [7, 11) is 0. The van der Waals surface area contributed by atoms with Crippen molar-refractivity contribution < 1.29 is 18.3 Å². The van der Waals surface area contributed by atoms with Crippen molar-refractivity contribution >= 4 is 46.7 Å². The summed E-state index contributed by atoms with van der Waals surface area (Å²) >= 11 is 18.0. The van der Waals surface area contributed by atoms with Crippen LogP contribution in [-0.2, 0) is 13.2 Å². The van der Waals surface area contributed by atoms with Gasteiger partial charge in [0.25, 0.3) is 5.91 Å². The third-order valence-corrected chi connectivity index (χ3v) is 5.14. The van der Waals surface area contributed by atoms with Crippen LogP contribution in [0.5, 0.6) is 5.75 Å². The lowest BCUT2D eigenvalue weighted by Crippen LogP contribution is -2.12. The third-order valence-electron chi connectivity index (χ3n) is 4.26. The molecule has 0 unspecified atom stereocenters. The number of furan rings is 1. The number of anilines is 1. The average molecular weight is 496 g/mol. The molecule has 32 heavy (non-hydrogen) atoms. The van der Waals surface area contributed by atoms with Gasteiger partial charge in [-0.15, -0.1) is 5.10 Å². The molecule has 2 aromatic heterocycles. The van der Waals surface area contributed by atoms with Crippen molar-refractivity contribution in [2.45, 2.75) is 13.2 Å². The highest BCUT2D eigenvalue weighted by atomic mass is 35.5. The van der Waals surface area contributed by atoms with Gasteiger partial charge in [0.05, 0.1) is 11.6 Å². The van der Waals surface area contributed by atoms with Gasteiger partial charge in [0, 0.05) is 10.0 Å². The largest absolute Gasteiger partial charge is 0.484 e. The van der Waals surface area contributed by atoms with Gasteiger partial charge < -0.3 is 9.15 Å². The number of rotatable bonds is 7. The van der Waals surface area contributed by atoms with E-state index in [9.17, 15) is 9.18 Å². The summed E-state index contributed by atoms with van der Waals surface area (Å²) in [5.41, 5.74) is 0.660. The number of amides is 1. The molecule has 0 radical (unpaired) electrons. The number of carbonyl (C=O) groups is 1. The van der Waals surface area contributed by atoms with Crippen LogP contribution < -0.4 is 10.1 Å². The lowest BCUT2D eigenvalue weighted by molar-refractivity contribution is 0.0991. The number of hydrogen-bond donors (Lipinski definition) is 1. The zero-order valence-corrected chi connectivity index (χ0v) is 18.5. The van der Waals surface area contributed by atoms with E-state index in [1.54, 1.807) is 30.3 Å². The number of ether oxygens (including phenoxy) is 1. The van der Waals surface area contributed by atoms with Crippen molar-refractivity contribution in [3.05, 3.63) is 92.8 Å². The lowest BCUT2D eigenvalue weighted by Gasteiger charge is -2.06. The van der Waals surface area contributed by atoms with Gasteiger partial charge in [-0.2, -0.15) is 0 Å². The molecule has 0 saturated heterocycles. The minimum Gasteiger partial charge on any atom is -0.484 e. The van der Waals surface area contributed by atoms with Crippen LogP contribution in [-0.4, -0.2) is 20.7 Å². The van der Waals surface area contributed by atoms with Crippen molar-refractivity contribution in [2.75, 3.05) is 5.32 Å². The van der Waals surface area contributed by atoms with Gasteiger partial charge >= 0.3 is 0 Å². The highest BCUT2D eigenvalue weighted by Crippen LogP contribution is 2.28.